The molecule has 23 heavy (non-hydrogen) atoms. The van der Waals surface area contributed by atoms with Crippen molar-refractivity contribution in [3.8, 4) is 0 Å². The Labute approximate surface area is 140 Å². The number of hydrogen-bond donors (Lipinski definition) is 2. The molecule has 1 heterocycles. The molecule has 0 aromatic rings. The van der Waals surface area contributed by atoms with Crippen LogP contribution >= 0.6 is 0 Å². The number of urea groups is 1. The third-order valence-corrected chi connectivity index (χ3v) is 5.39. The maximum absolute atomic E-state index is 12.3. The summed E-state index contributed by atoms with van der Waals surface area (Å²) in [6.07, 6.45) is 6.34. The Kier molecular flexibility index (Phi) is 7.15. The fraction of sp³-hybridized carbons (Fsp3) is 0.944. The standard InChI is InChI=1S/C18H34N2O3/c1-13(2)17-14(8-6-10-23-17)11-19-18(22)20(3)12-15-7-4-5-9-16(15)21/h13-17,21H,4-12H2,1-3H3,(H,19,22). The summed E-state index contributed by atoms with van der Waals surface area (Å²) in [7, 11) is 1.83. The number of aliphatic hydroxyl groups is 1. The molecule has 2 N–H and O–H groups in total. The molecule has 0 spiro atoms. The zero-order valence-corrected chi connectivity index (χ0v) is 15.0. The van der Waals surface area contributed by atoms with Gasteiger partial charge in [-0.15, -0.1) is 0 Å². The van der Waals surface area contributed by atoms with E-state index >= 15 is 0 Å². The lowest BCUT2D eigenvalue weighted by atomic mass is 9.86. The first-order valence-corrected chi connectivity index (χ1v) is 9.27. The molecule has 5 heteroatoms. The first-order chi connectivity index (χ1) is 11.0. The minimum Gasteiger partial charge on any atom is -0.393 e. The Balaban J connectivity index is 1.76. The molecule has 0 radical (unpaired) electrons. The van der Waals surface area contributed by atoms with E-state index in [4.69, 9.17) is 4.74 Å². The molecule has 2 amide bonds. The third-order valence-electron chi connectivity index (χ3n) is 5.39. The smallest absolute Gasteiger partial charge is 0.317 e. The SMILES string of the molecule is CC(C)C1OCCCC1CNC(=O)N(C)CC1CCCCC1O. The lowest BCUT2D eigenvalue weighted by Crippen LogP contribution is -2.47. The summed E-state index contributed by atoms with van der Waals surface area (Å²) < 4.78 is 5.88. The zero-order chi connectivity index (χ0) is 16.8. The van der Waals surface area contributed by atoms with Gasteiger partial charge >= 0.3 is 6.03 Å². The Morgan fingerprint density at radius 2 is 1.91 bits per heavy atom. The van der Waals surface area contributed by atoms with E-state index < -0.39 is 0 Å². The quantitative estimate of drug-likeness (QED) is 0.816. The minimum absolute atomic E-state index is 0.0316. The second-order valence-corrected chi connectivity index (χ2v) is 7.66. The Hall–Kier alpha value is -0.810. The van der Waals surface area contributed by atoms with E-state index in [1.165, 1.54) is 0 Å². The van der Waals surface area contributed by atoms with Crippen LogP contribution in [0.1, 0.15) is 52.4 Å². The van der Waals surface area contributed by atoms with Crippen molar-refractivity contribution >= 4 is 6.03 Å². The van der Waals surface area contributed by atoms with Gasteiger partial charge in [-0.3, -0.25) is 0 Å². The molecule has 1 saturated heterocycles. The molecular formula is C18H34N2O3. The molecule has 2 rings (SSSR count). The van der Waals surface area contributed by atoms with E-state index in [9.17, 15) is 9.90 Å². The highest BCUT2D eigenvalue weighted by atomic mass is 16.5. The van der Waals surface area contributed by atoms with Crippen LogP contribution in [-0.4, -0.2) is 55.0 Å². The largest absolute Gasteiger partial charge is 0.393 e. The van der Waals surface area contributed by atoms with Crippen LogP contribution in [0, 0.1) is 17.8 Å². The predicted octanol–water partition coefficient (Wildman–Crippen LogP) is 2.63. The molecule has 1 aliphatic carbocycles. The van der Waals surface area contributed by atoms with E-state index in [0.717, 1.165) is 45.1 Å². The average Bonchev–Trinajstić information content (AvgIpc) is 2.54. The van der Waals surface area contributed by atoms with Crippen molar-refractivity contribution in [1.29, 1.82) is 0 Å². The van der Waals surface area contributed by atoms with Crippen molar-refractivity contribution in [2.75, 3.05) is 26.7 Å². The molecule has 2 fully saturated rings. The number of ether oxygens (including phenoxy) is 1. The van der Waals surface area contributed by atoms with Crippen molar-refractivity contribution in [3.05, 3.63) is 0 Å². The van der Waals surface area contributed by atoms with Gasteiger partial charge in [-0.05, 0) is 31.6 Å². The molecule has 1 saturated carbocycles. The predicted molar refractivity (Wildman–Crippen MR) is 91.3 cm³/mol. The summed E-state index contributed by atoms with van der Waals surface area (Å²) in [5.41, 5.74) is 0. The second kappa shape index (κ2) is 8.88. The molecule has 0 bridgehead atoms. The fourth-order valence-electron chi connectivity index (χ4n) is 4.01. The van der Waals surface area contributed by atoms with Crippen LogP contribution < -0.4 is 5.32 Å². The number of rotatable bonds is 5. The van der Waals surface area contributed by atoms with Gasteiger partial charge < -0.3 is 20.1 Å². The molecule has 4 unspecified atom stereocenters. The first-order valence-electron chi connectivity index (χ1n) is 9.27. The highest BCUT2D eigenvalue weighted by Crippen LogP contribution is 2.26. The van der Waals surface area contributed by atoms with Crippen molar-refractivity contribution in [2.24, 2.45) is 17.8 Å². The zero-order valence-electron chi connectivity index (χ0n) is 15.0. The van der Waals surface area contributed by atoms with Crippen molar-refractivity contribution in [2.45, 2.75) is 64.6 Å². The second-order valence-electron chi connectivity index (χ2n) is 7.66. The highest BCUT2D eigenvalue weighted by molar-refractivity contribution is 5.73. The Bertz CT molecular complexity index is 375. The summed E-state index contributed by atoms with van der Waals surface area (Å²) in [5.74, 6) is 1.11. The number of hydrogen-bond acceptors (Lipinski definition) is 3. The molecule has 5 nitrogen and oxygen atoms in total. The maximum atomic E-state index is 12.3. The van der Waals surface area contributed by atoms with Gasteiger partial charge in [0.25, 0.3) is 0 Å². The minimum atomic E-state index is -0.254. The van der Waals surface area contributed by atoms with Crippen molar-refractivity contribution in [3.63, 3.8) is 0 Å². The van der Waals surface area contributed by atoms with Gasteiger partial charge in [0.15, 0.2) is 0 Å². The molecule has 1 aliphatic heterocycles. The molecule has 134 valence electrons. The first kappa shape index (κ1) is 18.5. The summed E-state index contributed by atoms with van der Waals surface area (Å²) in [4.78, 5) is 14.1. The highest BCUT2D eigenvalue weighted by Gasteiger charge is 2.30. The number of amides is 2. The number of carbonyl (C=O) groups is 1. The van der Waals surface area contributed by atoms with Crippen molar-refractivity contribution in [1.82, 2.24) is 10.2 Å². The van der Waals surface area contributed by atoms with Gasteiger partial charge in [-0.25, -0.2) is 4.79 Å². The summed E-state index contributed by atoms with van der Waals surface area (Å²) in [6.45, 7) is 6.52. The van der Waals surface area contributed by atoms with Crippen LogP contribution in [0.3, 0.4) is 0 Å². The maximum Gasteiger partial charge on any atom is 0.317 e. The average molecular weight is 326 g/mol. The van der Waals surface area contributed by atoms with Crippen LogP contribution in [0.2, 0.25) is 0 Å². The van der Waals surface area contributed by atoms with Gasteiger partial charge in [0.05, 0.1) is 12.2 Å². The fourth-order valence-corrected chi connectivity index (χ4v) is 4.01. The number of aliphatic hydroxyl groups excluding tert-OH is 1. The molecule has 0 aromatic carbocycles. The Morgan fingerprint density at radius 3 is 2.61 bits per heavy atom. The van der Waals surface area contributed by atoms with Crippen LogP contribution in [0.25, 0.3) is 0 Å². The van der Waals surface area contributed by atoms with Gasteiger partial charge in [0, 0.05) is 38.6 Å². The van der Waals surface area contributed by atoms with Crippen molar-refractivity contribution < 1.29 is 14.6 Å². The summed E-state index contributed by atoms with van der Waals surface area (Å²) in [6, 6.07) is -0.0316. The Morgan fingerprint density at radius 1 is 1.22 bits per heavy atom. The van der Waals surface area contributed by atoms with E-state index in [1.807, 2.05) is 7.05 Å². The number of nitrogens with one attached hydrogen (secondary N) is 1. The molecular weight excluding hydrogens is 292 g/mol. The third kappa shape index (κ3) is 5.35. The van der Waals surface area contributed by atoms with E-state index in [1.54, 1.807) is 4.90 Å². The van der Waals surface area contributed by atoms with Crippen LogP contribution in [0.4, 0.5) is 4.79 Å². The topological polar surface area (TPSA) is 61.8 Å². The lowest BCUT2D eigenvalue weighted by Gasteiger charge is -2.35. The molecule has 0 aromatic heterocycles. The normalized spacial score (nSPS) is 31.9. The number of carbonyl (C=O) groups excluding carboxylic acids is 1. The monoisotopic (exact) mass is 326 g/mol. The van der Waals surface area contributed by atoms with Gasteiger partial charge in [-0.1, -0.05) is 26.7 Å². The van der Waals surface area contributed by atoms with Crippen LogP contribution in [0.15, 0.2) is 0 Å². The van der Waals surface area contributed by atoms with E-state index in [-0.39, 0.29) is 24.2 Å². The van der Waals surface area contributed by atoms with Crippen LogP contribution in [-0.2, 0) is 4.74 Å². The van der Waals surface area contributed by atoms with Gasteiger partial charge in [-0.2, -0.15) is 0 Å². The summed E-state index contributed by atoms with van der Waals surface area (Å²) >= 11 is 0. The van der Waals surface area contributed by atoms with Gasteiger partial charge in [0.1, 0.15) is 0 Å². The molecule has 2 aliphatic rings. The van der Waals surface area contributed by atoms with Crippen LogP contribution in [0.5, 0.6) is 0 Å². The summed E-state index contributed by atoms with van der Waals surface area (Å²) in [5, 5.41) is 13.1. The molecule has 4 atom stereocenters. The van der Waals surface area contributed by atoms with Gasteiger partial charge in [0.2, 0.25) is 0 Å². The number of nitrogens with zero attached hydrogens (tertiary/aromatic N) is 1. The van der Waals surface area contributed by atoms with E-state index in [0.29, 0.717) is 24.9 Å². The van der Waals surface area contributed by atoms with E-state index in [2.05, 4.69) is 19.2 Å². The lowest BCUT2D eigenvalue weighted by molar-refractivity contribution is -0.0510.